The topological polar surface area (TPSA) is 58.2 Å². The summed E-state index contributed by atoms with van der Waals surface area (Å²) in [5.74, 6) is -0.0198. The minimum absolute atomic E-state index is 0.234. The maximum absolute atomic E-state index is 12.8. The van der Waals surface area contributed by atoms with Crippen LogP contribution in [-0.2, 0) is 5.75 Å². The minimum Gasteiger partial charge on any atom is -0.322 e. The zero-order chi connectivity index (χ0) is 21.0. The fourth-order valence-corrected chi connectivity index (χ4v) is 4.90. The monoisotopic (exact) mass is 484 g/mol. The third-order valence-electron chi connectivity index (χ3n) is 3.81. The molecule has 0 saturated heterocycles. The maximum atomic E-state index is 12.8. The first-order valence-electron chi connectivity index (χ1n) is 8.32. The molecule has 3 aromatic rings. The second kappa shape index (κ2) is 9.87. The van der Waals surface area contributed by atoms with Crippen molar-refractivity contribution in [1.82, 2.24) is 0 Å². The lowest BCUT2D eigenvalue weighted by Gasteiger charge is -2.12. The van der Waals surface area contributed by atoms with E-state index in [1.54, 1.807) is 54.2 Å². The van der Waals surface area contributed by atoms with E-state index in [-0.39, 0.29) is 11.5 Å². The molecule has 4 nitrogen and oxygen atoms in total. The largest absolute Gasteiger partial charge is 0.322 e. The number of thioether (sulfide) groups is 1. The van der Waals surface area contributed by atoms with Crippen LogP contribution in [0.5, 0.6) is 0 Å². The fraction of sp³-hybridized carbons (Fsp3) is 0.100. The highest BCUT2D eigenvalue weighted by atomic mass is 35.5. The Labute approximate surface area is 191 Å². The third kappa shape index (κ3) is 5.68. The number of hydrogen-bond acceptors (Lipinski definition) is 4. The number of carbonyl (C=O) groups is 2. The molecule has 150 valence electrons. The number of benzene rings is 2. The Balaban J connectivity index is 1.83. The average Bonchev–Trinajstić information content (AvgIpc) is 3.05. The van der Waals surface area contributed by atoms with Crippen LogP contribution in [0.4, 0.5) is 11.4 Å². The van der Waals surface area contributed by atoms with Crippen molar-refractivity contribution < 1.29 is 9.59 Å². The van der Waals surface area contributed by atoms with E-state index in [4.69, 9.17) is 34.8 Å². The van der Waals surface area contributed by atoms with Gasteiger partial charge < -0.3 is 10.6 Å². The molecule has 0 saturated carbocycles. The van der Waals surface area contributed by atoms with Gasteiger partial charge in [-0.3, -0.25) is 9.59 Å². The SMILES string of the molecule is CSCc1cc(Cl)c(C(=O)Nc2ccc(Cl)cc2C(=O)Nc2ccc(Cl)cc2)s1. The van der Waals surface area contributed by atoms with E-state index in [0.29, 0.717) is 31.3 Å². The van der Waals surface area contributed by atoms with Crippen LogP contribution in [0.2, 0.25) is 15.1 Å². The van der Waals surface area contributed by atoms with Gasteiger partial charge in [-0.25, -0.2) is 0 Å². The number of amides is 2. The molecule has 9 heteroatoms. The Morgan fingerprint density at radius 2 is 1.62 bits per heavy atom. The van der Waals surface area contributed by atoms with Crippen molar-refractivity contribution >= 4 is 81.1 Å². The number of anilines is 2. The van der Waals surface area contributed by atoms with Crippen molar-refractivity contribution in [3.8, 4) is 0 Å². The van der Waals surface area contributed by atoms with Gasteiger partial charge in [0.2, 0.25) is 0 Å². The number of nitrogens with one attached hydrogen (secondary N) is 2. The molecular formula is C20H15Cl3N2O2S2. The van der Waals surface area contributed by atoms with Crippen molar-refractivity contribution in [2.45, 2.75) is 5.75 Å². The second-order valence-electron chi connectivity index (χ2n) is 5.93. The normalized spacial score (nSPS) is 10.6. The molecule has 1 aromatic heterocycles. The molecule has 2 amide bonds. The predicted molar refractivity (Wildman–Crippen MR) is 125 cm³/mol. The molecule has 0 atom stereocenters. The number of carbonyl (C=O) groups excluding carboxylic acids is 2. The van der Waals surface area contributed by atoms with Gasteiger partial charge in [0.05, 0.1) is 16.3 Å². The van der Waals surface area contributed by atoms with Crippen molar-refractivity contribution in [1.29, 1.82) is 0 Å². The van der Waals surface area contributed by atoms with Gasteiger partial charge in [0.25, 0.3) is 11.8 Å². The highest BCUT2D eigenvalue weighted by Crippen LogP contribution is 2.31. The molecule has 1 heterocycles. The summed E-state index contributed by atoms with van der Waals surface area (Å²) in [6.45, 7) is 0. The summed E-state index contributed by atoms with van der Waals surface area (Å²) in [6, 6.07) is 13.2. The Morgan fingerprint density at radius 1 is 0.931 bits per heavy atom. The fourth-order valence-electron chi connectivity index (χ4n) is 2.51. The molecular weight excluding hydrogens is 471 g/mol. The summed E-state index contributed by atoms with van der Waals surface area (Å²) < 4.78 is 0. The van der Waals surface area contributed by atoms with Gasteiger partial charge in [-0.15, -0.1) is 11.3 Å². The molecule has 2 aromatic carbocycles. The first-order chi connectivity index (χ1) is 13.9. The van der Waals surface area contributed by atoms with Gasteiger partial charge in [-0.2, -0.15) is 11.8 Å². The summed E-state index contributed by atoms with van der Waals surface area (Å²) in [5.41, 5.74) is 1.14. The van der Waals surface area contributed by atoms with Gasteiger partial charge >= 0.3 is 0 Å². The van der Waals surface area contributed by atoms with Crippen LogP contribution >= 0.6 is 57.9 Å². The van der Waals surface area contributed by atoms with Crippen LogP contribution in [0.25, 0.3) is 0 Å². The van der Waals surface area contributed by atoms with E-state index in [1.807, 2.05) is 6.26 Å². The molecule has 0 spiro atoms. The summed E-state index contributed by atoms with van der Waals surface area (Å²) in [7, 11) is 0. The Bertz CT molecular complexity index is 1050. The quantitative estimate of drug-likeness (QED) is 0.392. The molecule has 0 aliphatic rings. The summed E-state index contributed by atoms with van der Waals surface area (Å²) in [5, 5.41) is 6.86. The van der Waals surface area contributed by atoms with Crippen LogP contribution < -0.4 is 10.6 Å². The highest BCUT2D eigenvalue weighted by Gasteiger charge is 2.19. The number of thiophene rings is 1. The van der Waals surface area contributed by atoms with Gasteiger partial charge in [-0.05, 0) is 54.8 Å². The Morgan fingerprint density at radius 3 is 2.31 bits per heavy atom. The van der Waals surface area contributed by atoms with Gasteiger partial charge in [0.1, 0.15) is 4.88 Å². The molecule has 0 aliphatic heterocycles. The van der Waals surface area contributed by atoms with Gasteiger partial charge in [0.15, 0.2) is 0 Å². The molecule has 0 radical (unpaired) electrons. The second-order valence-corrected chi connectivity index (χ2v) is 9.21. The molecule has 0 aliphatic carbocycles. The first kappa shape index (κ1) is 22.0. The van der Waals surface area contributed by atoms with Crippen LogP contribution in [0.1, 0.15) is 24.9 Å². The van der Waals surface area contributed by atoms with Crippen LogP contribution in [-0.4, -0.2) is 18.1 Å². The number of hydrogen-bond donors (Lipinski definition) is 2. The van der Waals surface area contributed by atoms with E-state index in [2.05, 4.69) is 10.6 Å². The standard InChI is InChI=1S/C20H15Cl3N2O2S2/c1-28-10-14-9-16(23)18(29-14)20(27)25-17-7-4-12(22)8-15(17)19(26)24-13-5-2-11(21)3-6-13/h2-9H,10H2,1H3,(H,24,26)(H,25,27). The van der Waals surface area contributed by atoms with Crippen molar-refractivity contribution in [3.05, 3.63) is 78.9 Å². The number of rotatable bonds is 6. The van der Waals surface area contributed by atoms with E-state index in [1.165, 1.54) is 17.4 Å². The zero-order valence-electron chi connectivity index (χ0n) is 15.1. The van der Waals surface area contributed by atoms with Crippen molar-refractivity contribution in [2.75, 3.05) is 16.9 Å². The van der Waals surface area contributed by atoms with Crippen LogP contribution in [0.3, 0.4) is 0 Å². The van der Waals surface area contributed by atoms with Gasteiger partial charge in [-0.1, -0.05) is 34.8 Å². The first-order valence-corrected chi connectivity index (χ1v) is 11.7. The Kier molecular flexibility index (Phi) is 7.49. The summed E-state index contributed by atoms with van der Waals surface area (Å²) in [4.78, 5) is 26.9. The lowest BCUT2D eigenvalue weighted by atomic mass is 10.1. The predicted octanol–water partition coefficient (Wildman–Crippen LogP) is 7.08. The number of halogens is 3. The molecule has 3 rings (SSSR count). The zero-order valence-corrected chi connectivity index (χ0v) is 19.0. The summed E-state index contributed by atoms with van der Waals surface area (Å²) in [6.07, 6.45) is 1.98. The Hall–Kier alpha value is -1.70. The molecule has 29 heavy (non-hydrogen) atoms. The molecule has 0 bridgehead atoms. The lowest BCUT2D eigenvalue weighted by Crippen LogP contribution is -2.18. The van der Waals surface area contributed by atoms with Gasteiger partial charge in [0, 0.05) is 26.4 Å². The lowest BCUT2D eigenvalue weighted by molar-refractivity contribution is 0.102. The van der Waals surface area contributed by atoms with Crippen molar-refractivity contribution in [3.63, 3.8) is 0 Å². The van der Waals surface area contributed by atoms with E-state index in [9.17, 15) is 9.59 Å². The molecule has 2 N–H and O–H groups in total. The average molecular weight is 486 g/mol. The summed E-state index contributed by atoms with van der Waals surface area (Å²) >= 11 is 21.1. The van der Waals surface area contributed by atoms with Crippen molar-refractivity contribution in [2.24, 2.45) is 0 Å². The third-order valence-corrected chi connectivity index (χ3v) is 6.62. The maximum Gasteiger partial charge on any atom is 0.267 e. The van der Waals surface area contributed by atoms with E-state index in [0.717, 1.165) is 10.6 Å². The molecule has 0 unspecified atom stereocenters. The van der Waals surface area contributed by atoms with E-state index < -0.39 is 5.91 Å². The minimum atomic E-state index is -0.412. The smallest absolute Gasteiger partial charge is 0.267 e. The highest BCUT2D eigenvalue weighted by molar-refractivity contribution is 7.97. The van der Waals surface area contributed by atoms with E-state index >= 15 is 0 Å². The molecule has 0 fully saturated rings. The van der Waals surface area contributed by atoms with Crippen LogP contribution in [0.15, 0.2) is 48.5 Å². The van der Waals surface area contributed by atoms with Crippen LogP contribution in [0, 0.1) is 0 Å².